The molecular formula is C19H27NO. The molecule has 2 rings (SSSR count). The molecule has 0 N–H and O–H groups in total. The number of benzene rings is 1. The topological polar surface area (TPSA) is 20.3 Å². The second-order valence-corrected chi connectivity index (χ2v) is 6.08. The molecule has 21 heavy (non-hydrogen) atoms. The van der Waals surface area contributed by atoms with Crippen LogP contribution in [-0.2, 0) is 4.79 Å². The molecular weight excluding hydrogens is 258 g/mol. The monoisotopic (exact) mass is 285 g/mol. The van der Waals surface area contributed by atoms with Crippen molar-refractivity contribution in [3.63, 3.8) is 0 Å². The molecule has 114 valence electrons. The Hall–Kier alpha value is -1.41. The van der Waals surface area contributed by atoms with Crippen LogP contribution < -0.4 is 0 Å². The molecule has 1 unspecified atom stereocenters. The minimum absolute atomic E-state index is 0.317. The fraction of sp³-hybridized carbons (Fsp3) is 0.526. The largest absolute Gasteiger partial charge is 0.303 e. The van der Waals surface area contributed by atoms with E-state index in [9.17, 15) is 4.79 Å². The van der Waals surface area contributed by atoms with E-state index in [-0.39, 0.29) is 0 Å². The number of carbonyl (C=O) groups excluding carboxylic acids is 1. The molecule has 0 spiro atoms. The van der Waals surface area contributed by atoms with E-state index in [4.69, 9.17) is 0 Å². The number of ketones is 1. The van der Waals surface area contributed by atoms with Gasteiger partial charge in [0.05, 0.1) is 0 Å². The molecule has 0 saturated carbocycles. The van der Waals surface area contributed by atoms with Gasteiger partial charge < -0.3 is 4.90 Å². The fourth-order valence-electron chi connectivity index (χ4n) is 3.01. The van der Waals surface area contributed by atoms with Crippen LogP contribution in [0.25, 0.3) is 0 Å². The summed E-state index contributed by atoms with van der Waals surface area (Å²) in [5.41, 5.74) is 2.75. The van der Waals surface area contributed by atoms with Gasteiger partial charge in [0.1, 0.15) is 0 Å². The third kappa shape index (κ3) is 5.13. The van der Waals surface area contributed by atoms with Gasteiger partial charge in [0, 0.05) is 19.5 Å². The second-order valence-electron chi connectivity index (χ2n) is 6.08. The van der Waals surface area contributed by atoms with Crippen LogP contribution in [0.3, 0.4) is 0 Å². The summed E-state index contributed by atoms with van der Waals surface area (Å²) in [6.45, 7) is 7.73. The molecule has 0 bridgehead atoms. The van der Waals surface area contributed by atoms with Crippen molar-refractivity contribution >= 4 is 5.78 Å². The molecule has 0 aliphatic heterocycles. The molecule has 1 atom stereocenters. The lowest BCUT2D eigenvalue weighted by Gasteiger charge is -2.25. The quantitative estimate of drug-likeness (QED) is 0.749. The molecule has 2 heteroatoms. The highest BCUT2D eigenvalue weighted by Gasteiger charge is 2.13. The molecule has 0 radical (unpaired) electrons. The van der Waals surface area contributed by atoms with Crippen LogP contribution in [0.1, 0.15) is 51.0 Å². The fourth-order valence-corrected chi connectivity index (χ4v) is 3.01. The van der Waals surface area contributed by atoms with Crippen molar-refractivity contribution in [2.45, 2.75) is 45.4 Å². The highest BCUT2D eigenvalue weighted by molar-refractivity contribution is 5.91. The van der Waals surface area contributed by atoms with Crippen molar-refractivity contribution in [2.24, 2.45) is 0 Å². The molecule has 1 aliphatic rings. The van der Waals surface area contributed by atoms with Crippen LogP contribution in [0.15, 0.2) is 42.0 Å². The zero-order valence-corrected chi connectivity index (χ0v) is 13.3. The molecule has 0 heterocycles. The second kappa shape index (κ2) is 8.14. The Kier molecular flexibility index (Phi) is 6.19. The summed E-state index contributed by atoms with van der Waals surface area (Å²) in [6.07, 6.45) is 5.82. The first-order valence-electron chi connectivity index (χ1n) is 8.18. The maximum absolute atomic E-state index is 11.5. The van der Waals surface area contributed by atoms with Crippen LogP contribution in [0, 0.1) is 0 Å². The third-order valence-electron chi connectivity index (χ3n) is 4.38. The van der Waals surface area contributed by atoms with E-state index in [0.29, 0.717) is 11.7 Å². The maximum Gasteiger partial charge on any atom is 0.155 e. The predicted octanol–water partition coefficient (Wildman–Crippen LogP) is 4.18. The summed E-state index contributed by atoms with van der Waals surface area (Å²) in [6, 6.07) is 10.7. The Balaban J connectivity index is 1.84. The maximum atomic E-state index is 11.5. The first-order chi connectivity index (χ1) is 10.2. The normalized spacial score (nSPS) is 16.9. The molecule has 1 aliphatic carbocycles. The van der Waals surface area contributed by atoms with Gasteiger partial charge in [-0.25, -0.2) is 0 Å². The van der Waals surface area contributed by atoms with Gasteiger partial charge in [-0.15, -0.1) is 0 Å². The number of allylic oxidation sites excluding steroid dienone is 1. The van der Waals surface area contributed by atoms with Gasteiger partial charge in [-0.1, -0.05) is 49.8 Å². The van der Waals surface area contributed by atoms with E-state index in [1.54, 1.807) is 0 Å². The Bertz CT molecular complexity index is 478. The summed E-state index contributed by atoms with van der Waals surface area (Å²) in [5.74, 6) is 0.866. The summed E-state index contributed by atoms with van der Waals surface area (Å²) in [5, 5.41) is 0. The van der Waals surface area contributed by atoms with Gasteiger partial charge in [-0.05, 0) is 43.4 Å². The smallest absolute Gasteiger partial charge is 0.155 e. The lowest BCUT2D eigenvalue weighted by molar-refractivity contribution is -0.115. The summed E-state index contributed by atoms with van der Waals surface area (Å²) in [4.78, 5) is 14.0. The zero-order valence-electron chi connectivity index (χ0n) is 13.3. The van der Waals surface area contributed by atoms with Gasteiger partial charge in [0.15, 0.2) is 5.78 Å². The lowest BCUT2D eigenvalue weighted by Crippen LogP contribution is -2.29. The van der Waals surface area contributed by atoms with Crippen molar-refractivity contribution < 1.29 is 4.79 Å². The van der Waals surface area contributed by atoms with Crippen LogP contribution in [0.4, 0.5) is 0 Å². The molecule has 2 nitrogen and oxygen atoms in total. The SMILES string of the molecule is CCN(CCC1=CC(=O)CCC1)CC(C)c1ccccc1. The van der Waals surface area contributed by atoms with Crippen LogP contribution in [0.2, 0.25) is 0 Å². The van der Waals surface area contributed by atoms with Crippen LogP contribution >= 0.6 is 0 Å². The Morgan fingerprint density at radius 1 is 1.19 bits per heavy atom. The molecule has 1 aromatic rings. The van der Waals surface area contributed by atoms with E-state index in [2.05, 4.69) is 49.1 Å². The number of hydrogen-bond donors (Lipinski definition) is 0. The molecule has 1 aromatic carbocycles. The van der Waals surface area contributed by atoms with E-state index in [1.807, 2.05) is 6.08 Å². The average Bonchev–Trinajstić information content (AvgIpc) is 2.52. The van der Waals surface area contributed by atoms with Gasteiger partial charge >= 0.3 is 0 Å². The number of carbonyl (C=O) groups is 1. The van der Waals surface area contributed by atoms with Crippen LogP contribution in [-0.4, -0.2) is 30.3 Å². The first kappa shape index (κ1) is 16.0. The zero-order chi connectivity index (χ0) is 15.1. The molecule has 0 fully saturated rings. The van der Waals surface area contributed by atoms with E-state index in [1.165, 1.54) is 11.1 Å². The van der Waals surface area contributed by atoms with Crippen molar-refractivity contribution in [3.05, 3.63) is 47.5 Å². The minimum atomic E-state index is 0.317. The van der Waals surface area contributed by atoms with Crippen molar-refractivity contribution in [2.75, 3.05) is 19.6 Å². The van der Waals surface area contributed by atoms with Gasteiger partial charge in [0.2, 0.25) is 0 Å². The Labute approximate surface area is 128 Å². The Morgan fingerprint density at radius 3 is 2.62 bits per heavy atom. The molecule has 0 amide bonds. The summed E-state index contributed by atoms with van der Waals surface area (Å²) in [7, 11) is 0. The van der Waals surface area contributed by atoms with Crippen LogP contribution in [0.5, 0.6) is 0 Å². The number of nitrogens with zero attached hydrogens (tertiary/aromatic N) is 1. The van der Waals surface area contributed by atoms with Gasteiger partial charge in [-0.3, -0.25) is 4.79 Å². The minimum Gasteiger partial charge on any atom is -0.303 e. The van der Waals surface area contributed by atoms with Crippen molar-refractivity contribution in [1.29, 1.82) is 0 Å². The predicted molar refractivity (Wildman–Crippen MR) is 88.5 cm³/mol. The Morgan fingerprint density at radius 2 is 1.95 bits per heavy atom. The third-order valence-corrected chi connectivity index (χ3v) is 4.38. The molecule has 0 saturated heterocycles. The van der Waals surface area contributed by atoms with Gasteiger partial charge in [-0.2, -0.15) is 0 Å². The average molecular weight is 285 g/mol. The number of rotatable bonds is 7. The van der Waals surface area contributed by atoms with E-state index in [0.717, 1.165) is 45.3 Å². The standard InChI is InChI=1S/C19H27NO/c1-3-20(13-12-17-8-7-11-19(21)14-17)15-16(2)18-9-5-4-6-10-18/h4-6,9-10,14,16H,3,7-8,11-13,15H2,1-2H3. The number of likely N-dealkylation sites (N-methyl/N-ethyl adjacent to an activating group) is 1. The van der Waals surface area contributed by atoms with Crippen molar-refractivity contribution in [1.82, 2.24) is 4.90 Å². The van der Waals surface area contributed by atoms with E-state index < -0.39 is 0 Å². The highest BCUT2D eigenvalue weighted by Crippen LogP contribution is 2.20. The van der Waals surface area contributed by atoms with E-state index >= 15 is 0 Å². The lowest BCUT2D eigenvalue weighted by atomic mass is 9.96. The number of hydrogen-bond acceptors (Lipinski definition) is 2. The summed E-state index contributed by atoms with van der Waals surface area (Å²) < 4.78 is 0. The first-order valence-corrected chi connectivity index (χ1v) is 8.18. The molecule has 0 aromatic heterocycles. The summed E-state index contributed by atoms with van der Waals surface area (Å²) >= 11 is 0. The van der Waals surface area contributed by atoms with Crippen molar-refractivity contribution in [3.8, 4) is 0 Å². The van der Waals surface area contributed by atoms with Gasteiger partial charge in [0.25, 0.3) is 0 Å². The highest BCUT2D eigenvalue weighted by atomic mass is 16.1.